The monoisotopic (exact) mass is 280 g/mol. The molecular weight excluding hydrogens is 262 g/mol. The fourth-order valence-electron chi connectivity index (χ4n) is 1.83. The first-order chi connectivity index (χ1) is 9.12. The summed E-state index contributed by atoms with van der Waals surface area (Å²) in [5.41, 5.74) is -1.64. The molecule has 1 aromatic carbocycles. The maximum Gasteiger partial charge on any atom is 0.525 e. The number of halogens is 1. The van der Waals surface area contributed by atoms with Crippen molar-refractivity contribution >= 4 is 13.2 Å². The molecule has 0 aliphatic carbocycles. The largest absolute Gasteiger partial charge is 0.525 e. The molecule has 2 N–H and O–H groups in total. The lowest BCUT2D eigenvalue weighted by atomic mass is 9.86. The number of phenolic OH excluding ortho intramolecular Hbond substituents is 2. The van der Waals surface area contributed by atoms with E-state index >= 15 is 0 Å². The molecule has 1 aliphatic heterocycles. The minimum atomic E-state index is -1.10. The molecule has 0 unspecified atom stereocenters. The van der Waals surface area contributed by atoms with Gasteiger partial charge in [0.15, 0.2) is 0 Å². The van der Waals surface area contributed by atoms with Gasteiger partial charge in [-0.15, -0.1) is 0 Å². The van der Waals surface area contributed by atoms with E-state index in [9.17, 15) is 14.6 Å². The van der Waals surface area contributed by atoms with Gasteiger partial charge in [0.2, 0.25) is 0 Å². The number of hydrogen-bond acceptors (Lipinski definition) is 4. The number of benzene rings is 1. The van der Waals surface area contributed by atoms with Crippen LogP contribution in [0.15, 0.2) is 23.9 Å². The predicted octanol–water partition coefficient (Wildman–Crippen LogP) is 3.04. The summed E-state index contributed by atoms with van der Waals surface area (Å²) in [6, 6.07) is 3.92. The summed E-state index contributed by atoms with van der Waals surface area (Å²) in [4.78, 5) is 0. The summed E-state index contributed by atoms with van der Waals surface area (Å²) in [6.07, 6.45) is 1.14. The first kappa shape index (κ1) is 14.9. The highest BCUT2D eigenvalue weighted by Crippen LogP contribution is 2.39. The zero-order valence-electron chi connectivity index (χ0n) is 12.0. The van der Waals surface area contributed by atoms with E-state index in [-0.39, 0.29) is 17.1 Å². The lowest BCUT2D eigenvalue weighted by Crippen LogP contribution is -2.41. The van der Waals surface area contributed by atoms with Crippen LogP contribution in [0.3, 0.4) is 0 Å². The second-order valence-corrected chi connectivity index (χ2v) is 5.86. The Bertz CT molecular complexity index is 538. The van der Waals surface area contributed by atoms with Crippen LogP contribution in [-0.2, 0) is 9.31 Å². The summed E-state index contributed by atoms with van der Waals surface area (Å²) < 4.78 is 25.3. The van der Waals surface area contributed by atoms with Crippen LogP contribution >= 0.6 is 0 Å². The molecule has 0 bridgehead atoms. The van der Waals surface area contributed by atoms with E-state index in [4.69, 9.17) is 9.31 Å². The fraction of sp³-hybridized carbons (Fsp3) is 0.429. The van der Waals surface area contributed by atoms with Crippen molar-refractivity contribution in [1.82, 2.24) is 0 Å². The summed E-state index contributed by atoms with van der Waals surface area (Å²) >= 11 is 0. The van der Waals surface area contributed by atoms with Crippen molar-refractivity contribution in [3.63, 3.8) is 0 Å². The second kappa shape index (κ2) is 4.79. The van der Waals surface area contributed by atoms with E-state index in [1.165, 1.54) is 12.1 Å². The Labute approximate surface area is 118 Å². The maximum absolute atomic E-state index is 14.2. The van der Waals surface area contributed by atoms with Crippen LogP contribution in [0.25, 0.3) is 6.08 Å². The highest BCUT2D eigenvalue weighted by molar-refractivity contribution is 6.54. The molecule has 1 aliphatic rings. The normalized spacial score (nSPS) is 21.2. The standard InChI is InChI=1S/C14H18BFO4/c1-13(2)14(3,4)20-15(19-13)12(16)7-9-5-6-10(17)8-11(9)18/h5-8,17-18H,1-4H3. The number of hydrogen-bond donors (Lipinski definition) is 2. The zero-order chi connectivity index (χ0) is 15.1. The van der Waals surface area contributed by atoms with Crippen molar-refractivity contribution in [3.8, 4) is 11.5 Å². The third-order valence-electron chi connectivity index (χ3n) is 3.79. The van der Waals surface area contributed by atoms with E-state index in [0.717, 1.165) is 12.1 Å². The highest BCUT2D eigenvalue weighted by Gasteiger charge is 2.53. The zero-order valence-corrected chi connectivity index (χ0v) is 12.0. The van der Waals surface area contributed by atoms with Crippen LogP contribution in [0.1, 0.15) is 33.3 Å². The van der Waals surface area contributed by atoms with Crippen molar-refractivity contribution in [1.29, 1.82) is 0 Å². The van der Waals surface area contributed by atoms with Gasteiger partial charge >= 0.3 is 7.12 Å². The molecule has 4 nitrogen and oxygen atoms in total. The highest BCUT2D eigenvalue weighted by atomic mass is 19.1. The topological polar surface area (TPSA) is 58.9 Å². The van der Waals surface area contributed by atoms with Crippen LogP contribution in [0.4, 0.5) is 4.39 Å². The van der Waals surface area contributed by atoms with Gasteiger partial charge in [-0.05, 0) is 45.9 Å². The van der Waals surface area contributed by atoms with E-state index < -0.39 is 24.0 Å². The third-order valence-corrected chi connectivity index (χ3v) is 3.79. The summed E-state index contributed by atoms with van der Waals surface area (Å²) in [6.45, 7) is 7.33. The minimum Gasteiger partial charge on any atom is -0.508 e. The molecule has 0 atom stereocenters. The quantitative estimate of drug-likeness (QED) is 0.817. The number of aromatic hydroxyl groups is 2. The average molecular weight is 280 g/mol. The fourth-order valence-corrected chi connectivity index (χ4v) is 1.83. The summed E-state index contributed by atoms with van der Waals surface area (Å²) in [5, 5.41) is 18.8. The molecule has 0 spiro atoms. The number of rotatable bonds is 2. The maximum atomic E-state index is 14.2. The van der Waals surface area contributed by atoms with Crippen molar-refractivity contribution in [2.24, 2.45) is 0 Å². The van der Waals surface area contributed by atoms with Crippen LogP contribution in [0.5, 0.6) is 11.5 Å². The van der Waals surface area contributed by atoms with Gasteiger partial charge in [0.05, 0.1) is 11.2 Å². The molecule has 6 heteroatoms. The van der Waals surface area contributed by atoms with Gasteiger partial charge in [-0.2, -0.15) is 0 Å². The van der Waals surface area contributed by atoms with Crippen molar-refractivity contribution in [2.45, 2.75) is 38.9 Å². The average Bonchev–Trinajstić information content (AvgIpc) is 2.52. The van der Waals surface area contributed by atoms with Gasteiger partial charge in [-0.25, -0.2) is 4.39 Å². The Morgan fingerprint density at radius 1 is 1.15 bits per heavy atom. The van der Waals surface area contributed by atoms with Gasteiger partial charge in [0.25, 0.3) is 0 Å². The Morgan fingerprint density at radius 3 is 2.20 bits per heavy atom. The van der Waals surface area contributed by atoms with Crippen molar-refractivity contribution in [2.75, 3.05) is 0 Å². The predicted molar refractivity (Wildman–Crippen MR) is 74.9 cm³/mol. The van der Waals surface area contributed by atoms with Crippen molar-refractivity contribution < 1.29 is 23.9 Å². The Kier molecular flexibility index (Phi) is 3.56. The molecule has 1 saturated heterocycles. The van der Waals surface area contributed by atoms with Crippen LogP contribution in [0, 0.1) is 0 Å². The molecule has 20 heavy (non-hydrogen) atoms. The Balaban J connectivity index is 2.24. The molecule has 0 radical (unpaired) electrons. The van der Waals surface area contributed by atoms with Crippen molar-refractivity contribution in [3.05, 3.63) is 29.5 Å². The van der Waals surface area contributed by atoms with Crippen LogP contribution in [0.2, 0.25) is 0 Å². The SMILES string of the molecule is CC1(C)OB(C(F)=Cc2ccc(O)cc2O)OC1(C)C. The van der Waals surface area contributed by atoms with E-state index in [1.807, 2.05) is 27.7 Å². The second-order valence-electron chi connectivity index (χ2n) is 5.86. The number of phenols is 2. The molecular formula is C14H18BFO4. The van der Waals surface area contributed by atoms with Crippen LogP contribution < -0.4 is 0 Å². The molecule has 1 fully saturated rings. The first-order valence-corrected chi connectivity index (χ1v) is 6.37. The third kappa shape index (κ3) is 2.67. The van der Waals surface area contributed by atoms with Gasteiger partial charge in [0, 0.05) is 11.6 Å². The van der Waals surface area contributed by atoms with Gasteiger partial charge in [-0.3, -0.25) is 0 Å². The summed E-state index contributed by atoms with van der Waals surface area (Å²) in [7, 11) is -1.10. The molecule has 0 saturated carbocycles. The molecule has 1 heterocycles. The van der Waals surface area contributed by atoms with E-state index in [1.54, 1.807) is 0 Å². The van der Waals surface area contributed by atoms with Gasteiger partial charge in [0.1, 0.15) is 17.2 Å². The molecule has 2 rings (SSSR count). The lowest BCUT2D eigenvalue weighted by molar-refractivity contribution is 0.00578. The molecule has 108 valence electrons. The van der Waals surface area contributed by atoms with E-state index in [2.05, 4.69) is 0 Å². The van der Waals surface area contributed by atoms with E-state index in [0.29, 0.717) is 0 Å². The molecule has 0 aromatic heterocycles. The van der Waals surface area contributed by atoms with Gasteiger partial charge < -0.3 is 19.5 Å². The minimum absolute atomic E-state index is 0.0873. The Hall–Kier alpha value is -1.53. The lowest BCUT2D eigenvalue weighted by Gasteiger charge is -2.32. The summed E-state index contributed by atoms with van der Waals surface area (Å²) in [5.74, 6) is -0.299. The molecule has 0 amide bonds. The van der Waals surface area contributed by atoms with Gasteiger partial charge in [-0.1, -0.05) is 0 Å². The smallest absolute Gasteiger partial charge is 0.508 e. The Morgan fingerprint density at radius 2 is 1.70 bits per heavy atom. The molecule has 1 aromatic rings. The van der Waals surface area contributed by atoms with Crippen LogP contribution in [-0.4, -0.2) is 28.5 Å². The first-order valence-electron chi connectivity index (χ1n) is 6.37.